The number of benzene rings is 1. The van der Waals surface area contributed by atoms with Gasteiger partial charge in [-0.2, -0.15) is 0 Å². The summed E-state index contributed by atoms with van der Waals surface area (Å²) < 4.78 is 7.50. The molecule has 0 saturated heterocycles. The summed E-state index contributed by atoms with van der Waals surface area (Å²) in [6.45, 7) is 3.25. The van der Waals surface area contributed by atoms with Crippen molar-refractivity contribution in [3.8, 4) is 5.75 Å². The van der Waals surface area contributed by atoms with Gasteiger partial charge in [-0.1, -0.05) is 95.6 Å². The highest BCUT2D eigenvalue weighted by atomic mass is 35.5. The van der Waals surface area contributed by atoms with Crippen molar-refractivity contribution < 1.29 is 14.3 Å². The van der Waals surface area contributed by atoms with Crippen LogP contribution in [0.25, 0.3) is 0 Å². The van der Waals surface area contributed by atoms with Crippen molar-refractivity contribution in [1.29, 1.82) is 0 Å². The van der Waals surface area contributed by atoms with Crippen molar-refractivity contribution in [2.24, 2.45) is 0 Å². The van der Waals surface area contributed by atoms with Crippen LogP contribution in [0.4, 0.5) is 0 Å². The first-order valence-electron chi connectivity index (χ1n) is 13.1. The quantitative estimate of drug-likeness (QED) is 0.129. The Balaban J connectivity index is 1.55. The number of ether oxygens (including phenoxy) is 1. The van der Waals surface area contributed by atoms with Gasteiger partial charge in [0.15, 0.2) is 0 Å². The molecule has 0 unspecified atom stereocenters. The van der Waals surface area contributed by atoms with Crippen LogP contribution in [0, 0.1) is 0 Å². The Labute approximate surface area is 219 Å². The van der Waals surface area contributed by atoms with Gasteiger partial charge in [-0.05, 0) is 47.8 Å². The number of unbranched alkanes of at least 4 members (excludes halogenated alkanes) is 13. The van der Waals surface area contributed by atoms with Crippen molar-refractivity contribution in [2.45, 2.75) is 110 Å². The van der Waals surface area contributed by atoms with Crippen molar-refractivity contribution in [3.63, 3.8) is 0 Å². The van der Waals surface area contributed by atoms with E-state index in [9.17, 15) is 9.59 Å². The van der Waals surface area contributed by atoms with Crippen LogP contribution in [0.3, 0.4) is 0 Å². The second-order valence-electron chi connectivity index (χ2n) is 9.15. The number of halogens is 2. The van der Waals surface area contributed by atoms with E-state index in [0.29, 0.717) is 11.4 Å². The first-order chi connectivity index (χ1) is 17.0. The zero-order valence-electron chi connectivity index (χ0n) is 20.9. The molecule has 0 bridgehead atoms. The summed E-state index contributed by atoms with van der Waals surface area (Å²) in [6.07, 6.45) is 20.5. The normalized spacial score (nSPS) is 11.1. The number of nitrogens with zero attached hydrogens (tertiary/aromatic N) is 3. The summed E-state index contributed by atoms with van der Waals surface area (Å²) in [5.41, 5.74) is 0.959. The third-order valence-corrected chi connectivity index (χ3v) is 6.51. The first kappa shape index (κ1) is 29.3. The first-order valence-corrected chi connectivity index (χ1v) is 13.8. The van der Waals surface area contributed by atoms with E-state index < -0.39 is 10.5 Å². The van der Waals surface area contributed by atoms with Gasteiger partial charge < -0.3 is 4.74 Å². The van der Waals surface area contributed by atoms with Gasteiger partial charge in [0.2, 0.25) is 0 Å². The maximum atomic E-state index is 11.5. The molecule has 0 fully saturated rings. The van der Waals surface area contributed by atoms with Crippen molar-refractivity contribution in [2.75, 3.05) is 0 Å². The molecule has 2 aromatic rings. The fourth-order valence-electron chi connectivity index (χ4n) is 4.05. The molecule has 0 atom stereocenters. The Morgan fingerprint density at radius 3 is 1.74 bits per heavy atom. The minimum absolute atomic E-state index is 0.148. The standard InChI is InChI=1S/C27H39Cl2N3O3/c1-2-3-4-5-6-7-8-9-10-11-12-13-14-15-16-32-20-24(30-31-32)21-35-25-18-22(26(28)33)17-23(19-25)27(29)34/h17-20H,2-16,21H2,1H3. The summed E-state index contributed by atoms with van der Waals surface area (Å²) in [5.74, 6) is 0.321. The molecule has 0 radical (unpaired) electrons. The van der Waals surface area contributed by atoms with Crippen LogP contribution in [-0.4, -0.2) is 25.5 Å². The Kier molecular flexibility index (Phi) is 14.7. The molecule has 0 spiro atoms. The highest BCUT2D eigenvalue weighted by Crippen LogP contribution is 2.21. The second kappa shape index (κ2) is 17.5. The summed E-state index contributed by atoms with van der Waals surface area (Å²) in [5, 5.41) is 6.92. The van der Waals surface area contributed by atoms with E-state index in [0.717, 1.165) is 13.0 Å². The number of carbonyl (C=O) groups excluding carboxylic acids is 2. The van der Waals surface area contributed by atoms with Crippen molar-refractivity contribution in [3.05, 3.63) is 41.2 Å². The Bertz CT molecular complexity index is 869. The van der Waals surface area contributed by atoms with Gasteiger partial charge in [-0.15, -0.1) is 5.10 Å². The highest BCUT2D eigenvalue weighted by molar-refractivity contribution is 6.69. The lowest BCUT2D eigenvalue weighted by Gasteiger charge is -2.07. The van der Waals surface area contributed by atoms with Gasteiger partial charge in [0.25, 0.3) is 10.5 Å². The smallest absolute Gasteiger partial charge is 0.252 e. The third-order valence-electron chi connectivity index (χ3n) is 6.07. The lowest BCUT2D eigenvalue weighted by molar-refractivity contribution is 0.108. The average Bonchev–Trinajstić information content (AvgIpc) is 3.30. The van der Waals surface area contributed by atoms with Crippen LogP contribution in [0.15, 0.2) is 24.4 Å². The highest BCUT2D eigenvalue weighted by Gasteiger charge is 2.12. The topological polar surface area (TPSA) is 74.1 Å². The minimum atomic E-state index is -0.686. The zero-order valence-corrected chi connectivity index (χ0v) is 22.5. The molecule has 0 amide bonds. The second-order valence-corrected chi connectivity index (χ2v) is 9.84. The van der Waals surface area contributed by atoms with E-state index in [1.807, 2.05) is 10.9 Å². The van der Waals surface area contributed by atoms with Gasteiger partial charge >= 0.3 is 0 Å². The SMILES string of the molecule is CCCCCCCCCCCCCCCCn1cc(COc2cc(C(=O)Cl)cc(C(=O)Cl)c2)nn1. The molecule has 1 aromatic carbocycles. The predicted octanol–water partition coefficient (Wildman–Crippen LogP) is 8.10. The molecule has 194 valence electrons. The van der Waals surface area contributed by atoms with Gasteiger partial charge in [0.1, 0.15) is 18.1 Å². The predicted molar refractivity (Wildman–Crippen MR) is 141 cm³/mol. The van der Waals surface area contributed by atoms with Crippen LogP contribution in [0.2, 0.25) is 0 Å². The average molecular weight is 525 g/mol. The van der Waals surface area contributed by atoms with Crippen molar-refractivity contribution >= 4 is 33.7 Å². The minimum Gasteiger partial charge on any atom is -0.487 e. The van der Waals surface area contributed by atoms with E-state index in [1.165, 1.54) is 102 Å². The Hall–Kier alpha value is -1.92. The lowest BCUT2D eigenvalue weighted by atomic mass is 10.0. The van der Waals surface area contributed by atoms with Crippen LogP contribution < -0.4 is 4.74 Å². The molecule has 1 aromatic heterocycles. The fourth-order valence-corrected chi connectivity index (χ4v) is 4.27. The van der Waals surface area contributed by atoms with E-state index >= 15 is 0 Å². The van der Waals surface area contributed by atoms with Gasteiger partial charge in [-0.25, -0.2) is 0 Å². The molecule has 1 heterocycles. The summed E-state index contributed by atoms with van der Waals surface area (Å²) in [6, 6.07) is 4.28. The number of rotatable bonds is 20. The number of aryl methyl sites for hydroxylation is 1. The van der Waals surface area contributed by atoms with E-state index in [4.69, 9.17) is 27.9 Å². The van der Waals surface area contributed by atoms with E-state index in [2.05, 4.69) is 17.2 Å². The Morgan fingerprint density at radius 1 is 0.771 bits per heavy atom. The zero-order chi connectivity index (χ0) is 25.3. The fraction of sp³-hybridized carbons (Fsp3) is 0.630. The van der Waals surface area contributed by atoms with E-state index in [1.54, 1.807) is 0 Å². The summed E-state index contributed by atoms with van der Waals surface area (Å²) in [4.78, 5) is 22.9. The van der Waals surface area contributed by atoms with Crippen LogP contribution in [-0.2, 0) is 13.2 Å². The molecule has 0 aliphatic rings. The number of hydrogen-bond acceptors (Lipinski definition) is 5. The molecule has 0 N–H and O–H groups in total. The largest absolute Gasteiger partial charge is 0.487 e. The van der Waals surface area contributed by atoms with Crippen LogP contribution in [0.5, 0.6) is 5.75 Å². The molecule has 0 aliphatic carbocycles. The number of hydrogen-bond donors (Lipinski definition) is 0. The van der Waals surface area contributed by atoms with Gasteiger partial charge in [-0.3, -0.25) is 14.3 Å². The molecular formula is C27H39Cl2N3O3. The molecule has 35 heavy (non-hydrogen) atoms. The monoisotopic (exact) mass is 523 g/mol. The molecule has 2 rings (SSSR count). The van der Waals surface area contributed by atoms with Gasteiger partial charge in [0.05, 0.1) is 6.20 Å². The molecular weight excluding hydrogens is 485 g/mol. The number of carbonyl (C=O) groups is 2. The molecule has 0 saturated carbocycles. The Morgan fingerprint density at radius 2 is 1.26 bits per heavy atom. The maximum absolute atomic E-state index is 11.5. The number of aromatic nitrogens is 3. The maximum Gasteiger partial charge on any atom is 0.252 e. The molecule has 8 heteroatoms. The van der Waals surface area contributed by atoms with Crippen LogP contribution in [0.1, 0.15) is 123 Å². The molecule has 6 nitrogen and oxygen atoms in total. The molecule has 0 aliphatic heterocycles. The van der Waals surface area contributed by atoms with Crippen LogP contribution >= 0.6 is 23.2 Å². The van der Waals surface area contributed by atoms with Crippen molar-refractivity contribution in [1.82, 2.24) is 15.0 Å². The summed E-state index contributed by atoms with van der Waals surface area (Å²) >= 11 is 11.1. The summed E-state index contributed by atoms with van der Waals surface area (Å²) in [7, 11) is 0. The third kappa shape index (κ3) is 12.6. The lowest BCUT2D eigenvalue weighted by Crippen LogP contribution is -2.01. The van der Waals surface area contributed by atoms with Gasteiger partial charge in [0, 0.05) is 17.7 Å². The van der Waals surface area contributed by atoms with E-state index in [-0.39, 0.29) is 17.7 Å².